The summed E-state index contributed by atoms with van der Waals surface area (Å²) in [6.07, 6.45) is -4.43. The number of aryl methyl sites for hydroxylation is 2. The molecular weight excluding hydrogens is 369 g/mol. The summed E-state index contributed by atoms with van der Waals surface area (Å²) in [6, 6.07) is 13.8. The van der Waals surface area contributed by atoms with E-state index in [2.05, 4.69) is 15.7 Å². The van der Waals surface area contributed by atoms with Crippen molar-refractivity contribution >= 4 is 17.3 Å². The van der Waals surface area contributed by atoms with E-state index in [9.17, 15) is 18.0 Å². The lowest BCUT2D eigenvalue weighted by Gasteiger charge is -2.11. The van der Waals surface area contributed by atoms with Crippen LogP contribution in [0.25, 0.3) is 5.69 Å². The first-order valence-corrected chi connectivity index (χ1v) is 8.57. The van der Waals surface area contributed by atoms with E-state index >= 15 is 0 Å². The van der Waals surface area contributed by atoms with Crippen LogP contribution in [0.2, 0.25) is 0 Å². The van der Waals surface area contributed by atoms with Gasteiger partial charge in [0.2, 0.25) is 5.91 Å². The van der Waals surface area contributed by atoms with Crippen molar-refractivity contribution in [3.63, 3.8) is 0 Å². The Labute approximate surface area is 160 Å². The Morgan fingerprint density at radius 2 is 1.75 bits per heavy atom. The second-order valence-electron chi connectivity index (χ2n) is 6.37. The largest absolute Gasteiger partial charge is 0.416 e. The minimum absolute atomic E-state index is 0.161. The number of carbonyl (C=O) groups excluding carboxylic acids is 1. The smallest absolute Gasteiger partial charge is 0.376 e. The summed E-state index contributed by atoms with van der Waals surface area (Å²) < 4.78 is 40.0. The van der Waals surface area contributed by atoms with E-state index in [0.717, 1.165) is 29.2 Å². The molecule has 0 aliphatic heterocycles. The SMILES string of the molecule is Cc1cc(C)n(-c2cccc(NC(=O)CNc3cccc(C(F)(F)F)c3)c2)n1. The number of halogens is 3. The summed E-state index contributed by atoms with van der Waals surface area (Å²) in [7, 11) is 0. The Bertz CT molecular complexity index is 995. The summed E-state index contributed by atoms with van der Waals surface area (Å²) in [5, 5.41) is 9.84. The lowest BCUT2D eigenvalue weighted by molar-refractivity contribution is -0.137. The van der Waals surface area contributed by atoms with Crippen LogP contribution in [0, 0.1) is 13.8 Å². The van der Waals surface area contributed by atoms with Gasteiger partial charge in [0.15, 0.2) is 0 Å². The van der Waals surface area contributed by atoms with Crippen molar-refractivity contribution in [1.82, 2.24) is 9.78 Å². The van der Waals surface area contributed by atoms with Gasteiger partial charge in [-0.2, -0.15) is 18.3 Å². The Balaban J connectivity index is 1.64. The predicted molar refractivity (Wildman–Crippen MR) is 102 cm³/mol. The molecule has 2 N–H and O–H groups in total. The first-order chi connectivity index (χ1) is 13.2. The lowest BCUT2D eigenvalue weighted by atomic mass is 10.2. The number of anilines is 2. The highest BCUT2D eigenvalue weighted by Crippen LogP contribution is 2.30. The third-order valence-electron chi connectivity index (χ3n) is 4.03. The third-order valence-corrected chi connectivity index (χ3v) is 4.03. The number of amides is 1. The van der Waals surface area contributed by atoms with Gasteiger partial charge in [-0.1, -0.05) is 12.1 Å². The van der Waals surface area contributed by atoms with E-state index in [1.807, 2.05) is 26.0 Å². The van der Waals surface area contributed by atoms with E-state index in [0.29, 0.717) is 5.69 Å². The van der Waals surface area contributed by atoms with Gasteiger partial charge in [-0.25, -0.2) is 4.68 Å². The Morgan fingerprint density at radius 1 is 1.04 bits per heavy atom. The van der Waals surface area contributed by atoms with Crippen molar-refractivity contribution in [2.75, 3.05) is 17.2 Å². The molecule has 0 spiro atoms. The van der Waals surface area contributed by atoms with Gasteiger partial charge in [-0.15, -0.1) is 0 Å². The number of rotatable bonds is 5. The molecule has 1 aromatic heterocycles. The molecule has 8 heteroatoms. The zero-order chi connectivity index (χ0) is 20.3. The molecule has 28 heavy (non-hydrogen) atoms. The van der Waals surface area contributed by atoms with E-state index in [-0.39, 0.29) is 18.1 Å². The molecule has 3 rings (SSSR count). The molecule has 2 aromatic carbocycles. The zero-order valence-corrected chi connectivity index (χ0v) is 15.3. The number of carbonyl (C=O) groups is 1. The molecule has 0 atom stereocenters. The Morgan fingerprint density at radius 3 is 2.43 bits per heavy atom. The van der Waals surface area contributed by atoms with Crippen molar-refractivity contribution in [3.8, 4) is 5.69 Å². The number of nitrogens with zero attached hydrogens (tertiary/aromatic N) is 2. The summed E-state index contributed by atoms with van der Waals surface area (Å²) in [6.45, 7) is 3.67. The van der Waals surface area contributed by atoms with Gasteiger partial charge in [0.25, 0.3) is 0 Å². The number of hydrogen-bond acceptors (Lipinski definition) is 3. The highest BCUT2D eigenvalue weighted by atomic mass is 19.4. The van der Waals surface area contributed by atoms with Crippen LogP contribution in [0.4, 0.5) is 24.5 Å². The van der Waals surface area contributed by atoms with E-state index in [4.69, 9.17) is 0 Å². The highest BCUT2D eigenvalue weighted by Gasteiger charge is 2.30. The van der Waals surface area contributed by atoms with Crippen LogP contribution in [-0.4, -0.2) is 22.2 Å². The molecule has 0 aliphatic rings. The number of nitrogens with one attached hydrogen (secondary N) is 2. The van der Waals surface area contributed by atoms with Crippen LogP contribution in [0.1, 0.15) is 17.0 Å². The van der Waals surface area contributed by atoms with Gasteiger partial charge in [-0.3, -0.25) is 4.79 Å². The summed E-state index contributed by atoms with van der Waals surface area (Å²) in [5.74, 6) is -0.372. The standard InChI is InChI=1S/C20H19F3N4O/c1-13-9-14(2)27(26-13)18-8-4-7-17(11-18)25-19(28)12-24-16-6-3-5-15(10-16)20(21,22)23/h3-11,24H,12H2,1-2H3,(H,25,28). The van der Waals surface area contributed by atoms with Gasteiger partial charge >= 0.3 is 6.18 Å². The minimum Gasteiger partial charge on any atom is -0.376 e. The molecule has 0 aliphatic carbocycles. The normalized spacial score (nSPS) is 11.3. The molecule has 0 saturated heterocycles. The van der Waals surface area contributed by atoms with E-state index in [1.54, 1.807) is 22.9 Å². The summed E-state index contributed by atoms with van der Waals surface area (Å²) >= 11 is 0. The fraction of sp³-hybridized carbons (Fsp3) is 0.200. The monoisotopic (exact) mass is 388 g/mol. The molecule has 1 heterocycles. The van der Waals surface area contributed by atoms with Crippen molar-refractivity contribution in [2.24, 2.45) is 0 Å². The molecular formula is C20H19F3N4O. The third kappa shape index (κ3) is 4.70. The van der Waals surface area contributed by atoms with Crippen molar-refractivity contribution in [1.29, 1.82) is 0 Å². The van der Waals surface area contributed by atoms with Crippen LogP contribution >= 0.6 is 0 Å². The number of benzene rings is 2. The summed E-state index contributed by atoms with van der Waals surface area (Å²) in [4.78, 5) is 12.2. The summed E-state index contributed by atoms with van der Waals surface area (Å²) in [5.41, 5.74) is 2.68. The maximum absolute atomic E-state index is 12.7. The fourth-order valence-electron chi connectivity index (χ4n) is 2.80. The molecule has 5 nitrogen and oxygen atoms in total. The van der Waals surface area contributed by atoms with Crippen LogP contribution < -0.4 is 10.6 Å². The number of alkyl halides is 3. The van der Waals surface area contributed by atoms with Gasteiger partial charge in [-0.05, 0) is 56.3 Å². The number of hydrogen-bond donors (Lipinski definition) is 2. The topological polar surface area (TPSA) is 59.0 Å². The van der Waals surface area contributed by atoms with Crippen LogP contribution in [0.15, 0.2) is 54.6 Å². The molecule has 146 valence electrons. The quantitative estimate of drug-likeness (QED) is 0.674. The van der Waals surface area contributed by atoms with Crippen molar-refractivity contribution in [2.45, 2.75) is 20.0 Å². The zero-order valence-electron chi connectivity index (χ0n) is 15.3. The van der Waals surface area contributed by atoms with E-state index < -0.39 is 11.7 Å². The molecule has 0 radical (unpaired) electrons. The Hall–Kier alpha value is -3.29. The number of aromatic nitrogens is 2. The second-order valence-corrected chi connectivity index (χ2v) is 6.37. The maximum Gasteiger partial charge on any atom is 0.416 e. The van der Waals surface area contributed by atoms with Crippen LogP contribution in [0.5, 0.6) is 0 Å². The van der Waals surface area contributed by atoms with Gasteiger partial charge in [0.05, 0.1) is 23.5 Å². The van der Waals surface area contributed by atoms with E-state index in [1.165, 1.54) is 12.1 Å². The van der Waals surface area contributed by atoms with Gasteiger partial charge in [0, 0.05) is 17.1 Å². The first kappa shape index (κ1) is 19.5. The van der Waals surface area contributed by atoms with Gasteiger partial charge < -0.3 is 10.6 Å². The molecule has 0 bridgehead atoms. The lowest BCUT2D eigenvalue weighted by Crippen LogP contribution is -2.22. The molecule has 0 saturated carbocycles. The highest BCUT2D eigenvalue weighted by molar-refractivity contribution is 5.94. The molecule has 0 fully saturated rings. The predicted octanol–water partition coefficient (Wildman–Crippen LogP) is 4.56. The minimum atomic E-state index is -4.43. The average Bonchev–Trinajstić information content (AvgIpc) is 2.98. The first-order valence-electron chi connectivity index (χ1n) is 8.57. The molecule has 0 unspecified atom stereocenters. The van der Waals surface area contributed by atoms with Crippen LogP contribution in [-0.2, 0) is 11.0 Å². The molecule has 3 aromatic rings. The van der Waals surface area contributed by atoms with Crippen molar-refractivity contribution < 1.29 is 18.0 Å². The van der Waals surface area contributed by atoms with Crippen LogP contribution in [0.3, 0.4) is 0 Å². The Kier molecular flexibility index (Phi) is 5.39. The maximum atomic E-state index is 12.7. The fourth-order valence-corrected chi connectivity index (χ4v) is 2.80. The van der Waals surface area contributed by atoms with Crippen molar-refractivity contribution in [3.05, 3.63) is 71.5 Å². The molecule has 1 amide bonds. The van der Waals surface area contributed by atoms with Gasteiger partial charge in [0.1, 0.15) is 0 Å². The second kappa shape index (κ2) is 7.75. The average molecular weight is 388 g/mol.